The summed E-state index contributed by atoms with van der Waals surface area (Å²) in [4.78, 5) is 23.8. The molecule has 1 amide bonds. The van der Waals surface area contributed by atoms with E-state index in [1.165, 1.54) is 11.8 Å². The first kappa shape index (κ1) is 14.1. The largest absolute Gasteiger partial charge is 0.378 e. The highest BCUT2D eigenvalue weighted by atomic mass is 32.2. The van der Waals surface area contributed by atoms with Crippen LogP contribution in [0.2, 0.25) is 0 Å². The fourth-order valence-electron chi connectivity index (χ4n) is 1.46. The predicted molar refractivity (Wildman–Crippen MR) is 61.4 cm³/mol. The standard InChI is InChI=1S/C10H17NO5S/c1-9(12)2-7-17(14,15)8-10(13)11-3-5-16-6-4-11/h2-8H2,1H3. The highest BCUT2D eigenvalue weighted by Gasteiger charge is 2.23. The number of hydrogen-bond donors (Lipinski definition) is 0. The van der Waals surface area contributed by atoms with Crippen LogP contribution in [0.15, 0.2) is 0 Å². The molecule has 0 aliphatic carbocycles. The van der Waals surface area contributed by atoms with Crippen LogP contribution in [0.25, 0.3) is 0 Å². The Hall–Kier alpha value is -0.950. The quantitative estimate of drug-likeness (QED) is 0.651. The van der Waals surface area contributed by atoms with E-state index in [4.69, 9.17) is 4.74 Å². The summed E-state index contributed by atoms with van der Waals surface area (Å²) in [5, 5.41) is 0. The summed E-state index contributed by atoms with van der Waals surface area (Å²) in [6, 6.07) is 0. The average Bonchev–Trinajstić information content (AvgIpc) is 2.27. The minimum absolute atomic E-state index is 0.0290. The number of rotatable bonds is 5. The molecule has 0 atom stereocenters. The minimum Gasteiger partial charge on any atom is -0.378 e. The van der Waals surface area contributed by atoms with Crippen LogP contribution in [0.4, 0.5) is 0 Å². The molecule has 0 aromatic heterocycles. The zero-order chi connectivity index (χ0) is 12.9. The molecule has 1 heterocycles. The lowest BCUT2D eigenvalue weighted by Gasteiger charge is -2.26. The molecule has 1 aliphatic heterocycles. The molecule has 0 aromatic carbocycles. The van der Waals surface area contributed by atoms with Crippen LogP contribution in [0, 0.1) is 0 Å². The Balaban J connectivity index is 2.45. The van der Waals surface area contributed by atoms with Crippen molar-refractivity contribution >= 4 is 21.5 Å². The maximum absolute atomic E-state index is 11.7. The van der Waals surface area contributed by atoms with Crippen molar-refractivity contribution < 1.29 is 22.7 Å². The third-order valence-electron chi connectivity index (χ3n) is 2.47. The predicted octanol–water partition coefficient (Wildman–Crippen LogP) is -0.761. The van der Waals surface area contributed by atoms with E-state index in [2.05, 4.69) is 0 Å². The molecule has 6 nitrogen and oxygen atoms in total. The fourth-order valence-corrected chi connectivity index (χ4v) is 2.77. The van der Waals surface area contributed by atoms with Crippen LogP contribution in [0.3, 0.4) is 0 Å². The van der Waals surface area contributed by atoms with Crippen LogP contribution in [0.1, 0.15) is 13.3 Å². The maximum atomic E-state index is 11.7. The summed E-state index contributed by atoms with van der Waals surface area (Å²) >= 11 is 0. The normalized spacial score (nSPS) is 16.9. The Morgan fingerprint density at radius 1 is 1.24 bits per heavy atom. The highest BCUT2D eigenvalue weighted by Crippen LogP contribution is 2.02. The van der Waals surface area contributed by atoms with E-state index in [0.717, 1.165) is 0 Å². The van der Waals surface area contributed by atoms with E-state index in [9.17, 15) is 18.0 Å². The van der Waals surface area contributed by atoms with Gasteiger partial charge in [0.2, 0.25) is 5.91 Å². The second kappa shape index (κ2) is 6.11. The van der Waals surface area contributed by atoms with Gasteiger partial charge in [0.25, 0.3) is 0 Å². The Kier molecular flexibility index (Phi) is 5.07. The number of morpholine rings is 1. The molecule has 0 bridgehead atoms. The molecule has 0 aromatic rings. The van der Waals surface area contributed by atoms with Crippen molar-refractivity contribution in [2.75, 3.05) is 37.8 Å². The first-order chi connectivity index (χ1) is 7.91. The zero-order valence-corrected chi connectivity index (χ0v) is 10.7. The van der Waals surface area contributed by atoms with Crippen molar-refractivity contribution in [2.45, 2.75) is 13.3 Å². The van der Waals surface area contributed by atoms with E-state index >= 15 is 0 Å². The molecule has 7 heteroatoms. The van der Waals surface area contributed by atoms with Crippen molar-refractivity contribution in [1.82, 2.24) is 4.90 Å². The third-order valence-corrected chi connectivity index (χ3v) is 3.99. The molecule has 1 saturated heterocycles. The summed E-state index contributed by atoms with van der Waals surface area (Å²) in [6.07, 6.45) is -0.0290. The maximum Gasteiger partial charge on any atom is 0.237 e. The lowest BCUT2D eigenvalue weighted by atomic mass is 10.4. The monoisotopic (exact) mass is 263 g/mol. The van der Waals surface area contributed by atoms with Gasteiger partial charge in [0.05, 0.1) is 19.0 Å². The summed E-state index contributed by atoms with van der Waals surface area (Å²) in [6.45, 7) is 3.08. The van der Waals surface area contributed by atoms with E-state index in [0.29, 0.717) is 26.3 Å². The van der Waals surface area contributed by atoms with E-state index in [1.807, 2.05) is 0 Å². The van der Waals surface area contributed by atoms with Gasteiger partial charge in [0.1, 0.15) is 11.5 Å². The molecule has 0 spiro atoms. The second-order valence-corrected chi connectivity index (χ2v) is 6.22. The second-order valence-electron chi connectivity index (χ2n) is 4.04. The zero-order valence-electron chi connectivity index (χ0n) is 9.85. The molecule has 0 unspecified atom stereocenters. The molecule has 0 radical (unpaired) electrons. The van der Waals surface area contributed by atoms with Gasteiger partial charge >= 0.3 is 0 Å². The molecule has 1 fully saturated rings. The molecule has 0 saturated carbocycles. The number of carbonyl (C=O) groups excluding carboxylic acids is 2. The van der Waals surface area contributed by atoms with Crippen LogP contribution in [0.5, 0.6) is 0 Å². The van der Waals surface area contributed by atoms with Crippen LogP contribution < -0.4 is 0 Å². The summed E-state index contributed by atoms with van der Waals surface area (Å²) in [5.41, 5.74) is 0. The summed E-state index contributed by atoms with van der Waals surface area (Å²) in [5.74, 6) is -1.36. The molecular formula is C10H17NO5S. The lowest BCUT2D eigenvalue weighted by Crippen LogP contribution is -2.43. The highest BCUT2D eigenvalue weighted by molar-refractivity contribution is 7.92. The van der Waals surface area contributed by atoms with Crippen LogP contribution in [-0.4, -0.2) is 62.8 Å². The summed E-state index contributed by atoms with van der Waals surface area (Å²) in [7, 11) is -3.48. The van der Waals surface area contributed by atoms with E-state index in [1.54, 1.807) is 0 Å². The number of hydrogen-bond acceptors (Lipinski definition) is 5. The van der Waals surface area contributed by atoms with Crippen molar-refractivity contribution in [3.63, 3.8) is 0 Å². The van der Waals surface area contributed by atoms with Gasteiger partial charge in [-0.3, -0.25) is 9.59 Å². The number of sulfone groups is 1. The van der Waals surface area contributed by atoms with Crippen molar-refractivity contribution in [2.24, 2.45) is 0 Å². The molecule has 17 heavy (non-hydrogen) atoms. The van der Waals surface area contributed by atoms with Gasteiger partial charge in [-0.2, -0.15) is 0 Å². The molecule has 1 aliphatic rings. The lowest BCUT2D eigenvalue weighted by molar-refractivity contribution is -0.132. The van der Waals surface area contributed by atoms with Crippen molar-refractivity contribution in [3.8, 4) is 0 Å². The SMILES string of the molecule is CC(=O)CCS(=O)(=O)CC(=O)N1CCOCC1. The van der Waals surface area contributed by atoms with E-state index in [-0.39, 0.29) is 18.0 Å². The van der Waals surface area contributed by atoms with Gasteiger partial charge in [0, 0.05) is 19.5 Å². The Morgan fingerprint density at radius 2 is 1.82 bits per heavy atom. The van der Waals surface area contributed by atoms with Gasteiger partial charge < -0.3 is 9.64 Å². The van der Waals surface area contributed by atoms with E-state index < -0.39 is 21.5 Å². The first-order valence-electron chi connectivity index (χ1n) is 5.46. The third kappa shape index (κ3) is 5.27. The molecular weight excluding hydrogens is 246 g/mol. The van der Waals surface area contributed by atoms with Gasteiger partial charge in [-0.25, -0.2) is 8.42 Å². The van der Waals surface area contributed by atoms with Gasteiger partial charge in [0.15, 0.2) is 9.84 Å². The fraction of sp³-hybridized carbons (Fsp3) is 0.800. The molecule has 98 valence electrons. The van der Waals surface area contributed by atoms with Crippen LogP contribution >= 0.6 is 0 Å². The number of ether oxygens (including phenoxy) is 1. The topological polar surface area (TPSA) is 80.8 Å². The average molecular weight is 263 g/mol. The number of amides is 1. The van der Waals surface area contributed by atoms with Gasteiger partial charge in [-0.1, -0.05) is 0 Å². The summed E-state index contributed by atoms with van der Waals surface area (Å²) < 4.78 is 28.2. The smallest absolute Gasteiger partial charge is 0.237 e. The number of carbonyl (C=O) groups is 2. The van der Waals surface area contributed by atoms with Crippen LogP contribution in [-0.2, 0) is 24.2 Å². The number of ketones is 1. The van der Waals surface area contributed by atoms with Crippen molar-refractivity contribution in [3.05, 3.63) is 0 Å². The number of nitrogens with zero attached hydrogens (tertiary/aromatic N) is 1. The number of Topliss-reactive ketones (excluding diaryl/α,β-unsaturated/α-hetero) is 1. The Bertz CT molecular complexity index is 384. The Morgan fingerprint density at radius 3 is 2.35 bits per heavy atom. The van der Waals surface area contributed by atoms with Crippen molar-refractivity contribution in [1.29, 1.82) is 0 Å². The Labute approximate surface area is 101 Å². The van der Waals surface area contributed by atoms with Gasteiger partial charge in [-0.05, 0) is 6.92 Å². The molecule has 0 N–H and O–H groups in total. The first-order valence-corrected chi connectivity index (χ1v) is 7.28. The molecule has 1 rings (SSSR count). The minimum atomic E-state index is -3.48. The van der Waals surface area contributed by atoms with Gasteiger partial charge in [-0.15, -0.1) is 0 Å².